The summed E-state index contributed by atoms with van der Waals surface area (Å²) in [5.74, 6) is -0.0615. The molecule has 1 saturated carbocycles. The van der Waals surface area contributed by atoms with Crippen molar-refractivity contribution < 1.29 is 4.79 Å². The van der Waals surface area contributed by atoms with Gasteiger partial charge in [0.25, 0.3) is 5.91 Å². The highest BCUT2D eigenvalue weighted by Crippen LogP contribution is 2.25. The maximum atomic E-state index is 11.9. The lowest BCUT2D eigenvalue weighted by Gasteiger charge is -2.19. The highest BCUT2D eigenvalue weighted by molar-refractivity contribution is 7.17. The maximum Gasteiger partial charge on any atom is 0.263 e. The van der Waals surface area contributed by atoms with Crippen LogP contribution >= 0.6 is 11.3 Å². The minimum atomic E-state index is -0.0615. The predicted octanol–water partition coefficient (Wildman–Crippen LogP) is 1.25. The van der Waals surface area contributed by atoms with Gasteiger partial charge in [-0.1, -0.05) is 18.3 Å². The fourth-order valence-electron chi connectivity index (χ4n) is 2.06. The van der Waals surface area contributed by atoms with E-state index < -0.39 is 0 Å². The second-order valence-electron chi connectivity index (χ2n) is 4.58. The molecule has 1 aromatic rings. The predicted molar refractivity (Wildman–Crippen MR) is 73.9 cm³/mol. The minimum Gasteiger partial charge on any atom is -0.375 e. The second kappa shape index (κ2) is 5.67. The Bertz CT molecular complexity index is 428. The molecule has 1 aliphatic rings. The van der Waals surface area contributed by atoms with E-state index >= 15 is 0 Å². The van der Waals surface area contributed by atoms with Gasteiger partial charge in [-0.05, 0) is 26.3 Å². The minimum absolute atomic E-state index is 0.0615. The van der Waals surface area contributed by atoms with Gasteiger partial charge in [0.1, 0.15) is 4.88 Å². The van der Waals surface area contributed by atoms with Gasteiger partial charge in [-0.25, -0.2) is 4.98 Å². The first kappa shape index (κ1) is 13.3. The van der Waals surface area contributed by atoms with Crippen molar-refractivity contribution >= 4 is 22.4 Å². The molecule has 6 heteroatoms. The molecule has 0 saturated heterocycles. The second-order valence-corrected chi connectivity index (χ2v) is 5.61. The lowest BCUT2D eigenvalue weighted by atomic mass is 10.3. The number of nitrogens with two attached hydrogens (primary N) is 1. The molecule has 0 radical (unpaired) electrons. The van der Waals surface area contributed by atoms with E-state index in [0.717, 1.165) is 19.1 Å². The van der Waals surface area contributed by atoms with Crippen molar-refractivity contribution in [3.05, 3.63) is 10.6 Å². The van der Waals surface area contributed by atoms with Crippen LogP contribution in [-0.4, -0.2) is 41.5 Å². The van der Waals surface area contributed by atoms with Gasteiger partial charge in [0.05, 0.1) is 5.69 Å². The molecule has 18 heavy (non-hydrogen) atoms. The molecule has 1 amide bonds. The number of aromatic nitrogens is 1. The van der Waals surface area contributed by atoms with E-state index in [-0.39, 0.29) is 5.91 Å². The number of nitrogens with one attached hydrogen (secondary N) is 1. The zero-order chi connectivity index (χ0) is 13.1. The van der Waals surface area contributed by atoms with Crippen LogP contribution in [0.5, 0.6) is 0 Å². The van der Waals surface area contributed by atoms with Gasteiger partial charge in [0.15, 0.2) is 5.13 Å². The molecule has 0 unspecified atom stereocenters. The Hall–Kier alpha value is -1.14. The van der Waals surface area contributed by atoms with Gasteiger partial charge in [0.2, 0.25) is 0 Å². The Kier molecular flexibility index (Phi) is 4.19. The number of aryl methyl sites for hydroxylation is 1. The average Bonchev–Trinajstić information content (AvgIpc) is 3.10. The molecule has 0 atom stereocenters. The highest BCUT2D eigenvalue weighted by Gasteiger charge is 2.27. The average molecular weight is 268 g/mol. The van der Waals surface area contributed by atoms with E-state index in [0.29, 0.717) is 22.2 Å². The molecule has 2 rings (SSSR count). The number of nitrogen functional groups attached to an aromatic ring is 1. The van der Waals surface area contributed by atoms with Crippen molar-refractivity contribution in [1.82, 2.24) is 15.2 Å². The summed E-state index contributed by atoms with van der Waals surface area (Å²) in [4.78, 5) is 19.0. The topological polar surface area (TPSA) is 71.2 Å². The summed E-state index contributed by atoms with van der Waals surface area (Å²) in [5, 5.41) is 3.38. The number of hydrogen-bond acceptors (Lipinski definition) is 5. The summed E-state index contributed by atoms with van der Waals surface area (Å²) in [7, 11) is 0. The number of amides is 1. The third-order valence-corrected chi connectivity index (χ3v) is 4.16. The van der Waals surface area contributed by atoms with E-state index in [1.54, 1.807) is 0 Å². The van der Waals surface area contributed by atoms with E-state index in [1.165, 1.54) is 24.2 Å². The first-order chi connectivity index (χ1) is 8.61. The van der Waals surface area contributed by atoms with E-state index in [1.807, 2.05) is 6.92 Å². The van der Waals surface area contributed by atoms with Crippen LogP contribution in [0.15, 0.2) is 0 Å². The molecule has 1 aromatic heterocycles. The summed E-state index contributed by atoms with van der Waals surface area (Å²) in [6.07, 6.45) is 2.60. The number of hydrogen-bond donors (Lipinski definition) is 2. The molecular weight excluding hydrogens is 248 g/mol. The number of rotatable bonds is 6. The standard InChI is InChI=1S/C12H20N4OS/c1-3-16(9-4-5-9)7-6-14-11(17)10-8(2)15-12(13)18-10/h9H,3-7H2,1-2H3,(H2,13,15)(H,14,17). The van der Waals surface area contributed by atoms with E-state index in [9.17, 15) is 4.79 Å². The lowest BCUT2D eigenvalue weighted by Crippen LogP contribution is -2.36. The molecule has 0 bridgehead atoms. The summed E-state index contributed by atoms with van der Waals surface area (Å²) >= 11 is 1.25. The van der Waals surface area contributed by atoms with Gasteiger partial charge in [0, 0.05) is 19.1 Å². The number of anilines is 1. The summed E-state index contributed by atoms with van der Waals surface area (Å²) < 4.78 is 0. The molecule has 0 aliphatic heterocycles. The third-order valence-electron chi connectivity index (χ3n) is 3.17. The van der Waals surface area contributed by atoms with E-state index in [2.05, 4.69) is 22.1 Å². The lowest BCUT2D eigenvalue weighted by molar-refractivity contribution is 0.0951. The van der Waals surface area contributed by atoms with Crippen LogP contribution in [0.3, 0.4) is 0 Å². The molecule has 1 heterocycles. The molecule has 3 N–H and O–H groups in total. The monoisotopic (exact) mass is 268 g/mol. The Balaban J connectivity index is 1.79. The van der Waals surface area contributed by atoms with Crippen LogP contribution in [-0.2, 0) is 0 Å². The molecule has 1 fully saturated rings. The summed E-state index contributed by atoms with van der Waals surface area (Å²) in [6, 6.07) is 0.743. The first-order valence-electron chi connectivity index (χ1n) is 6.37. The SMILES string of the molecule is CCN(CCNC(=O)c1sc(N)nc1C)C1CC1. The van der Waals surface area contributed by atoms with Crippen molar-refractivity contribution in [2.45, 2.75) is 32.7 Å². The van der Waals surface area contributed by atoms with Crippen LogP contribution in [0.25, 0.3) is 0 Å². The smallest absolute Gasteiger partial charge is 0.263 e. The number of likely N-dealkylation sites (N-methyl/N-ethyl adjacent to an activating group) is 1. The van der Waals surface area contributed by atoms with Crippen molar-refractivity contribution in [3.63, 3.8) is 0 Å². The van der Waals surface area contributed by atoms with Crippen LogP contribution in [0.4, 0.5) is 5.13 Å². The van der Waals surface area contributed by atoms with Crippen LogP contribution in [0.2, 0.25) is 0 Å². The van der Waals surface area contributed by atoms with Gasteiger partial charge in [-0.2, -0.15) is 0 Å². The van der Waals surface area contributed by atoms with E-state index in [4.69, 9.17) is 5.73 Å². The zero-order valence-corrected chi connectivity index (χ0v) is 11.7. The normalized spacial score (nSPS) is 15.1. The Morgan fingerprint density at radius 3 is 2.83 bits per heavy atom. The van der Waals surface area contributed by atoms with Crippen LogP contribution in [0, 0.1) is 6.92 Å². The molecule has 100 valence electrons. The summed E-state index contributed by atoms with van der Waals surface area (Å²) in [6.45, 7) is 6.62. The largest absolute Gasteiger partial charge is 0.375 e. The third kappa shape index (κ3) is 3.20. The number of carbonyl (C=O) groups is 1. The van der Waals surface area contributed by atoms with Gasteiger partial charge in [-0.3, -0.25) is 9.69 Å². The first-order valence-corrected chi connectivity index (χ1v) is 7.18. The van der Waals surface area contributed by atoms with Gasteiger partial charge < -0.3 is 11.1 Å². The highest BCUT2D eigenvalue weighted by atomic mass is 32.1. The Labute approximate surface area is 111 Å². The van der Waals surface area contributed by atoms with Crippen molar-refractivity contribution in [2.75, 3.05) is 25.4 Å². The number of nitrogens with zero attached hydrogens (tertiary/aromatic N) is 2. The Morgan fingerprint density at radius 2 is 2.33 bits per heavy atom. The van der Waals surface area contributed by atoms with Crippen molar-refractivity contribution in [3.8, 4) is 0 Å². The summed E-state index contributed by atoms with van der Waals surface area (Å²) in [5.41, 5.74) is 6.30. The molecule has 0 aromatic carbocycles. The van der Waals surface area contributed by atoms with Crippen molar-refractivity contribution in [1.29, 1.82) is 0 Å². The van der Waals surface area contributed by atoms with Gasteiger partial charge in [-0.15, -0.1) is 0 Å². The molecular formula is C12H20N4OS. The van der Waals surface area contributed by atoms with Crippen molar-refractivity contribution in [2.24, 2.45) is 0 Å². The van der Waals surface area contributed by atoms with Crippen LogP contribution < -0.4 is 11.1 Å². The maximum absolute atomic E-state index is 11.9. The number of thiazole rings is 1. The zero-order valence-electron chi connectivity index (χ0n) is 10.9. The Morgan fingerprint density at radius 1 is 1.61 bits per heavy atom. The molecule has 1 aliphatic carbocycles. The number of carbonyl (C=O) groups excluding carboxylic acids is 1. The fraction of sp³-hybridized carbons (Fsp3) is 0.667. The van der Waals surface area contributed by atoms with Gasteiger partial charge >= 0.3 is 0 Å². The van der Waals surface area contributed by atoms with Crippen LogP contribution in [0.1, 0.15) is 35.1 Å². The molecule has 5 nitrogen and oxygen atoms in total. The molecule has 0 spiro atoms. The fourth-order valence-corrected chi connectivity index (χ4v) is 2.81. The quantitative estimate of drug-likeness (QED) is 0.814.